The maximum atomic E-state index is 13.5. The number of nitrogens with one attached hydrogen (secondary N) is 1. The molecule has 0 fully saturated rings. The lowest BCUT2D eigenvalue weighted by Gasteiger charge is -2.08. The van der Waals surface area contributed by atoms with E-state index in [2.05, 4.69) is 15.5 Å². The summed E-state index contributed by atoms with van der Waals surface area (Å²) in [6.07, 6.45) is 0. The third-order valence-corrected chi connectivity index (χ3v) is 2.85. The summed E-state index contributed by atoms with van der Waals surface area (Å²) in [5, 5.41) is 19.1. The summed E-state index contributed by atoms with van der Waals surface area (Å²) in [6.45, 7) is 3.89. The summed E-state index contributed by atoms with van der Waals surface area (Å²) in [5.74, 6) is -0.845. The Morgan fingerprint density at radius 1 is 1.25 bits per heavy atom. The Bertz CT molecular complexity index is 618. The molecule has 0 bridgehead atoms. The van der Waals surface area contributed by atoms with Crippen molar-refractivity contribution in [3.63, 3.8) is 0 Å². The van der Waals surface area contributed by atoms with Crippen LogP contribution in [0.25, 0.3) is 0 Å². The van der Waals surface area contributed by atoms with Gasteiger partial charge in [-0.15, -0.1) is 10.2 Å². The highest BCUT2D eigenvalue weighted by molar-refractivity contribution is 5.85. The van der Waals surface area contributed by atoms with Gasteiger partial charge < -0.3 is 10.4 Å². The fourth-order valence-corrected chi connectivity index (χ4v) is 1.87. The number of nitrogens with zero attached hydrogens (tertiary/aromatic N) is 2. The number of aromatic nitrogens is 2. The molecule has 1 aromatic heterocycles. The molecule has 0 unspecified atom stereocenters. The Kier molecular flexibility index (Phi) is 3.93. The lowest BCUT2D eigenvalue weighted by molar-refractivity contribution is 0.0689. The van der Waals surface area contributed by atoms with Gasteiger partial charge in [-0.3, -0.25) is 0 Å². The van der Waals surface area contributed by atoms with Crippen molar-refractivity contribution >= 4 is 11.8 Å². The van der Waals surface area contributed by atoms with E-state index in [0.29, 0.717) is 23.5 Å². The highest BCUT2D eigenvalue weighted by Crippen LogP contribution is 2.15. The lowest BCUT2D eigenvalue weighted by atomic mass is 10.1. The summed E-state index contributed by atoms with van der Waals surface area (Å²) in [7, 11) is 0. The molecular formula is C14H14FN3O2. The van der Waals surface area contributed by atoms with Gasteiger partial charge in [-0.2, -0.15) is 0 Å². The minimum absolute atomic E-state index is 0.107. The SMILES string of the molecule is Cc1cc(CNc2ccc(C(=O)O)nn2)cc(C)c1F. The number of halogens is 1. The van der Waals surface area contributed by atoms with Crippen LogP contribution in [0.15, 0.2) is 24.3 Å². The van der Waals surface area contributed by atoms with Gasteiger partial charge >= 0.3 is 5.97 Å². The number of hydrogen-bond acceptors (Lipinski definition) is 4. The zero-order valence-electron chi connectivity index (χ0n) is 11.1. The van der Waals surface area contributed by atoms with Crippen molar-refractivity contribution in [2.24, 2.45) is 0 Å². The fraction of sp³-hybridized carbons (Fsp3) is 0.214. The van der Waals surface area contributed by atoms with Gasteiger partial charge in [-0.1, -0.05) is 12.1 Å². The average molecular weight is 275 g/mol. The Morgan fingerprint density at radius 3 is 2.40 bits per heavy atom. The van der Waals surface area contributed by atoms with E-state index in [1.165, 1.54) is 6.07 Å². The third kappa shape index (κ3) is 3.09. The molecule has 0 aliphatic heterocycles. The fourth-order valence-electron chi connectivity index (χ4n) is 1.87. The van der Waals surface area contributed by atoms with E-state index in [4.69, 9.17) is 5.11 Å². The minimum atomic E-state index is -1.12. The van der Waals surface area contributed by atoms with Crippen molar-refractivity contribution in [2.75, 3.05) is 5.32 Å². The van der Waals surface area contributed by atoms with Crippen LogP contribution < -0.4 is 5.32 Å². The second-order valence-corrected chi connectivity index (χ2v) is 4.51. The normalized spacial score (nSPS) is 10.3. The molecule has 1 heterocycles. The summed E-state index contributed by atoms with van der Waals surface area (Å²) in [5.41, 5.74) is 2.00. The monoisotopic (exact) mass is 275 g/mol. The summed E-state index contributed by atoms with van der Waals surface area (Å²) in [4.78, 5) is 10.6. The smallest absolute Gasteiger partial charge is 0.356 e. The van der Waals surface area contributed by atoms with Crippen LogP contribution in [0.4, 0.5) is 10.2 Å². The Balaban J connectivity index is 2.07. The number of rotatable bonds is 4. The molecule has 5 nitrogen and oxygen atoms in total. The van der Waals surface area contributed by atoms with Crippen LogP contribution in [0, 0.1) is 19.7 Å². The standard InChI is InChI=1S/C14H14FN3O2/c1-8-5-10(6-9(2)13(8)15)7-16-12-4-3-11(14(19)20)17-18-12/h3-6H,7H2,1-2H3,(H,16,18)(H,19,20). The second-order valence-electron chi connectivity index (χ2n) is 4.51. The summed E-state index contributed by atoms with van der Waals surface area (Å²) >= 11 is 0. The number of hydrogen-bond donors (Lipinski definition) is 2. The van der Waals surface area contributed by atoms with E-state index >= 15 is 0 Å². The van der Waals surface area contributed by atoms with Crippen molar-refractivity contribution in [3.05, 3.63) is 52.5 Å². The number of aryl methyl sites for hydroxylation is 2. The highest BCUT2D eigenvalue weighted by Gasteiger charge is 2.06. The van der Waals surface area contributed by atoms with Gasteiger partial charge in [0.05, 0.1) is 0 Å². The number of aromatic carboxylic acids is 1. The number of carboxylic acids is 1. The van der Waals surface area contributed by atoms with Crippen molar-refractivity contribution in [1.82, 2.24) is 10.2 Å². The van der Waals surface area contributed by atoms with Crippen molar-refractivity contribution in [3.8, 4) is 0 Å². The zero-order valence-corrected chi connectivity index (χ0v) is 11.1. The van der Waals surface area contributed by atoms with Gasteiger partial charge in [0.25, 0.3) is 0 Å². The Labute approximate surface area is 115 Å². The molecule has 20 heavy (non-hydrogen) atoms. The van der Waals surface area contributed by atoms with E-state index in [1.54, 1.807) is 32.0 Å². The highest BCUT2D eigenvalue weighted by atomic mass is 19.1. The number of anilines is 1. The van der Waals surface area contributed by atoms with Crippen molar-refractivity contribution in [2.45, 2.75) is 20.4 Å². The van der Waals surface area contributed by atoms with Crippen molar-refractivity contribution in [1.29, 1.82) is 0 Å². The van der Waals surface area contributed by atoms with Gasteiger partial charge in [-0.25, -0.2) is 9.18 Å². The molecule has 104 valence electrons. The van der Waals surface area contributed by atoms with Gasteiger partial charge in [0.15, 0.2) is 5.69 Å². The first-order chi connectivity index (χ1) is 9.47. The molecule has 6 heteroatoms. The first-order valence-corrected chi connectivity index (χ1v) is 6.04. The largest absolute Gasteiger partial charge is 0.476 e. The molecule has 2 N–H and O–H groups in total. The molecule has 0 saturated carbocycles. The molecule has 2 rings (SSSR count). The van der Waals surface area contributed by atoms with E-state index in [-0.39, 0.29) is 11.5 Å². The number of carboxylic acid groups (broad SMARTS) is 1. The van der Waals surface area contributed by atoms with Crippen LogP contribution >= 0.6 is 0 Å². The predicted octanol–water partition coefficient (Wildman–Crippen LogP) is 2.54. The molecule has 0 aliphatic carbocycles. The van der Waals surface area contributed by atoms with Crippen LogP contribution in [0.1, 0.15) is 27.2 Å². The van der Waals surface area contributed by atoms with Crippen molar-refractivity contribution < 1.29 is 14.3 Å². The zero-order chi connectivity index (χ0) is 14.7. The molecule has 1 aromatic carbocycles. The van der Waals surface area contributed by atoms with Crippen LogP contribution in [0.5, 0.6) is 0 Å². The molecule has 0 radical (unpaired) electrons. The number of benzene rings is 1. The number of carbonyl (C=O) groups is 1. The molecular weight excluding hydrogens is 261 g/mol. The van der Waals surface area contributed by atoms with Gasteiger partial charge in [-0.05, 0) is 42.7 Å². The lowest BCUT2D eigenvalue weighted by Crippen LogP contribution is -2.06. The molecule has 0 saturated heterocycles. The third-order valence-electron chi connectivity index (χ3n) is 2.85. The van der Waals surface area contributed by atoms with Gasteiger partial charge in [0, 0.05) is 6.54 Å². The van der Waals surface area contributed by atoms with Crippen LogP contribution in [-0.2, 0) is 6.54 Å². The summed E-state index contributed by atoms with van der Waals surface area (Å²) < 4.78 is 13.5. The molecule has 0 amide bonds. The van der Waals surface area contributed by atoms with E-state index in [0.717, 1.165) is 5.56 Å². The van der Waals surface area contributed by atoms with E-state index in [1.807, 2.05) is 0 Å². The first-order valence-electron chi connectivity index (χ1n) is 6.04. The molecule has 0 aliphatic rings. The molecule has 0 atom stereocenters. The van der Waals surface area contributed by atoms with Gasteiger partial charge in [0.1, 0.15) is 11.6 Å². The van der Waals surface area contributed by atoms with Gasteiger partial charge in [0.2, 0.25) is 0 Å². The molecule has 2 aromatic rings. The first kappa shape index (κ1) is 13.9. The average Bonchev–Trinajstić information content (AvgIpc) is 2.42. The Hall–Kier alpha value is -2.50. The predicted molar refractivity (Wildman–Crippen MR) is 72.2 cm³/mol. The van der Waals surface area contributed by atoms with E-state index in [9.17, 15) is 9.18 Å². The minimum Gasteiger partial charge on any atom is -0.476 e. The van der Waals surface area contributed by atoms with Crippen LogP contribution in [0.3, 0.4) is 0 Å². The maximum absolute atomic E-state index is 13.5. The van der Waals surface area contributed by atoms with Crippen LogP contribution in [0.2, 0.25) is 0 Å². The Morgan fingerprint density at radius 2 is 1.90 bits per heavy atom. The molecule has 0 spiro atoms. The quantitative estimate of drug-likeness (QED) is 0.896. The second kappa shape index (κ2) is 5.64. The maximum Gasteiger partial charge on any atom is 0.356 e. The topological polar surface area (TPSA) is 75.1 Å². The summed E-state index contributed by atoms with van der Waals surface area (Å²) in [6, 6.07) is 6.43. The van der Waals surface area contributed by atoms with E-state index < -0.39 is 5.97 Å². The van der Waals surface area contributed by atoms with Crippen LogP contribution in [-0.4, -0.2) is 21.3 Å².